The van der Waals surface area contributed by atoms with Crippen molar-refractivity contribution in [3.05, 3.63) is 36.4 Å². The first-order chi connectivity index (χ1) is 7.29. The van der Waals surface area contributed by atoms with Crippen molar-refractivity contribution in [3.63, 3.8) is 0 Å². The Hall–Kier alpha value is -1.31. The fourth-order valence-corrected chi connectivity index (χ4v) is 3.00. The van der Waals surface area contributed by atoms with Crippen molar-refractivity contribution in [2.24, 2.45) is 0 Å². The van der Waals surface area contributed by atoms with Gasteiger partial charge in [0.15, 0.2) is 4.34 Å². The number of thiazole rings is 1. The molecule has 0 unspecified atom stereocenters. The number of para-hydroxylation sites is 1. The zero-order valence-electron chi connectivity index (χ0n) is 7.93. The fraction of sp³-hybridized carbons (Fsp3) is 0.0909. The maximum atomic E-state index is 8.57. The molecule has 0 saturated heterocycles. The molecule has 1 heterocycles. The number of rotatable bonds is 3. The SMILES string of the molecule is C=C(C#N)CSc1nc2ccccc2s1. The standard InChI is InChI=1S/C11H8N2S2/c1-8(6-12)7-14-11-13-9-4-2-3-5-10(9)15-11/h2-5H,1,7H2. The van der Waals surface area contributed by atoms with Gasteiger partial charge in [-0.3, -0.25) is 0 Å². The van der Waals surface area contributed by atoms with E-state index in [1.165, 1.54) is 4.70 Å². The Morgan fingerprint density at radius 3 is 3.07 bits per heavy atom. The summed E-state index contributed by atoms with van der Waals surface area (Å²) in [4.78, 5) is 4.45. The maximum absolute atomic E-state index is 8.57. The molecule has 0 fully saturated rings. The molecule has 0 N–H and O–H groups in total. The molecule has 0 atom stereocenters. The van der Waals surface area contributed by atoms with E-state index in [2.05, 4.69) is 17.6 Å². The topological polar surface area (TPSA) is 36.7 Å². The summed E-state index contributed by atoms with van der Waals surface area (Å²) in [6.07, 6.45) is 0. The molecule has 0 bridgehead atoms. The first kappa shape index (κ1) is 10.2. The molecule has 15 heavy (non-hydrogen) atoms. The summed E-state index contributed by atoms with van der Waals surface area (Å²) in [5.74, 6) is 0.621. The summed E-state index contributed by atoms with van der Waals surface area (Å²) in [7, 11) is 0. The molecule has 2 rings (SSSR count). The van der Waals surface area contributed by atoms with Crippen molar-refractivity contribution >= 4 is 33.3 Å². The van der Waals surface area contributed by atoms with Crippen LogP contribution in [0.3, 0.4) is 0 Å². The molecule has 1 aromatic carbocycles. The minimum atomic E-state index is 0.583. The highest BCUT2D eigenvalue weighted by atomic mass is 32.2. The normalized spacial score (nSPS) is 10.1. The molecule has 74 valence electrons. The van der Waals surface area contributed by atoms with Crippen molar-refractivity contribution in [2.45, 2.75) is 4.34 Å². The lowest BCUT2D eigenvalue weighted by atomic mass is 10.3. The predicted octanol–water partition coefficient (Wildman–Crippen LogP) is 3.47. The molecule has 0 saturated carbocycles. The second kappa shape index (κ2) is 4.47. The van der Waals surface area contributed by atoms with Gasteiger partial charge in [-0.1, -0.05) is 30.5 Å². The number of fused-ring (bicyclic) bond motifs is 1. The van der Waals surface area contributed by atoms with E-state index >= 15 is 0 Å². The van der Waals surface area contributed by atoms with Gasteiger partial charge >= 0.3 is 0 Å². The highest BCUT2D eigenvalue weighted by Gasteiger charge is 2.03. The molecular weight excluding hydrogens is 224 g/mol. The smallest absolute Gasteiger partial charge is 0.151 e. The van der Waals surface area contributed by atoms with Gasteiger partial charge in [-0.05, 0) is 12.1 Å². The number of benzene rings is 1. The van der Waals surface area contributed by atoms with Gasteiger partial charge in [-0.2, -0.15) is 5.26 Å². The van der Waals surface area contributed by atoms with Gasteiger partial charge in [0.1, 0.15) is 0 Å². The number of hydrogen-bond acceptors (Lipinski definition) is 4. The van der Waals surface area contributed by atoms with Gasteiger partial charge < -0.3 is 0 Å². The molecular formula is C11H8N2S2. The maximum Gasteiger partial charge on any atom is 0.151 e. The minimum Gasteiger partial charge on any atom is -0.230 e. The van der Waals surface area contributed by atoms with E-state index in [-0.39, 0.29) is 0 Å². The van der Waals surface area contributed by atoms with Gasteiger partial charge in [0.05, 0.1) is 16.3 Å². The van der Waals surface area contributed by atoms with Crippen LogP contribution in [-0.4, -0.2) is 10.7 Å². The lowest BCUT2D eigenvalue weighted by Gasteiger charge is -1.91. The van der Waals surface area contributed by atoms with Crippen LogP contribution in [0.4, 0.5) is 0 Å². The third-order valence-electron chi connectivity index (χ3n) is 1.80. The molecule has 0 aliphatic rings. The van der Waals surface area contributed by atoms with E-state index in [0.717, 1.165) is 9.86 Å². The molecule has 0 spiro atoms. The monoisotopic (exact) mass is 232 g/mol. The number of thioether (sulfide) groups is 1. The van der Waals surface area contributed by atoms with Gasteiger partial charge in [-0.15, -0.1) is 11.3 Å². The van der Waals surface area contributed by atoms with E-state index in [1.807, 2.05) is 24.3 Å². The molecule has 0 aliphatic heterocycles. The Labute approximate surface area is 96.3 Å². The van der Waals surface area contributed by atoms with E-state index in [9.17, 15) is 0 Å². The first-order valence-electron chi connectivity index (χ1n) is 4.36. The highest BCUT2D eigenvalue weighted by Crippen LogP contribution is 2.29. The summed E-state index contributed by atoms with van der Waals surface area (Å²) in [5, 5.41) is 8.57. The quantitative estimate of drug-likeness (QED) is 0.600. The predicted molar refractivity (Wildman–Crippen MR) is 65.1 cm³/mol. The molecule has 0 aliphatic carbocycles. The zero-order chi connectivity index (χ0) is 10.7. The molecule has 1 aromatic heterocycles. The van der Waals surface area contributed by atoms with Crippen molar-refractivity contribution in [1.82, 2.24) is 4.98 Å². The van der Waals surface area contributed by atoms with Gasteiger partial charge in [0, 0.05) is 11.3 Å². The third-order valence-corrected chi connectivity index (χ3v) is 4.07. The molecule has 0 radical (unpaired) electrons. The lowest BCUT2D eigenvalue weighted by molar-refractivity contribution is 1.30. The van der Waals surface area contributed by atoms with Crippen LogP contribution >= 0.6 is 23.1 Å². The third kappa shape index (κ3) is 2.38. The number of nitriles is 1. The number of nitrogens with zero attached hydrogens (tertiary/aromatic N) is 2. The number of hydrogen-bond donors (Lipinski definition) is 0. The second-order valence-electron chi connectivity index (χ2n) is 2.95. The average Bonchev–Trinajstić information content (AvgIpc) is 2.68. The summed E-state index contributed by atoms with van der Waals surface area (Å²) >= 11 is 3.22. The molecule has 4 heteroatoms. The van der Waals surface area contributed by atoms with Crippen LogP contribution in [0, 0.1) is 11.3 Å². The Morgan fingerprint density at radius 1 is 1.53 bits per heavy atom. The summed E-state index contributed by atoms with van der Waals surface area (Å²) in [6.45, 7) is 3.64. The molecule has 2 nitrogen and oxygen atoms in total. The van der Waals surface area contributed by atoms with Gasteiger partial charge in [0.2, 0.25) is 0 Å². The van der Waals surface area contributed by atoms with Gasteiger partial charge in [-0.25, -0.2) is 4.98 Å². The van der Waals surface area contributed by atoms with Crippen molar-refractivity contribution in [2.75, 3.05) is 5.75 Å². The van der Waals surface area contributed by atoms with Crippen LogP contribution < -0.4 is 0 Å². The van der Waals surface area contributed by atoms with E-state index in [0.29, 0.717) is 11.3 Å². The van der Waals surface area contributed by atoms with Crippen LogP contribution in [0.25, 0.3) is 10.2 Å². The van der Waals surface area contributed by atoms with Crippen LogP contribution in [-0.2, 0) is 0 Å². The van der Waals surface area contributed by atoms with Crippen LogP contribution in [0.1, 0.15) is 0 Å². The second-order valence-corrected chi connectivity index (χ2v) is 5.20. The van der Waals surface area contributed by atoms with Crippen molar-refractivity contribution in [3.8, 4) is 6.07 Å². The van der Waals surface area contributed by atoms with Crippen molar-refractivity contribution in [1.29, 1.82) is 5.26 Å². The summed E-state index contributed by atoms with van der Waals surface area (Å²) in [6, 6.07) is 10.1. The fourth-order valence-electron chi connectivity index (χ4n) is 1.09. The Balaban J connectivity index is 2.16. The van der Waals surface area contributed by atoms with Crippen LogP contribution in [0.2, 0.25) is 0 Å². The molecule has 0 amide bonds. The average molecular weight is 232 g/mol. The number of aromatic nitrogens is 1. The summed E-state index contributed by atoms with van der Waals surface area (Å²) in [5.41, 5.74) is 1.60. The van der Waals surface area contributed by atoms with Crippen molar-refractivity contribution < 1.29 is 0 Å². The highest BCUT2D eigenvalue weighted by molar-refractivity contribution is 8.01. The van der Waals surface area contributed by atoms with Gasteiger partial charge in [0.25, 0.3) is 0 Å². The minimum absolute atomic E-state index is 0.583. The first-order valence-corrected chi connectivity index (χ1v) is 6.16. The molecule has 2 aromatic rings. The zero-order valence-corrected chi connectivity index (χ0v) is 9.57. The van der Waals surface area contributed by atoms with Crippen LogP contribution in [0.5, 0.6) is 0 Å². The lowest BCUT2D eigenvalue weighted by Crippen LogP contribution is -1.79. The summed E-state index contributed by atoms with van der Waals surface area (Å²) < 4.78 is 2.18. The largest absolute Gasteiger partial charge is 0.230 e. The Kier molecular flexibility index (Phi) is 3.05. The van der Waals surface area contributed by atoms with E-state index in [4.69, 9.17) is 5.26 Å². The Bertz CT molecular complexity index is 504. The van der Waals surface area contributed by atoms with E-state index in [1.54, 1.807) is 23.1 Å². The Morgan fingerprint density at radius 2 is 2.33 bits per heavy atom. The van der Waals surface area contributed by atoms with Crippen LogP contribution in [0.15, 0.2) is 40.8 Å². The van der Waals surface area contributed by atoms with E-state index < -0.39 is 0 Å².